The average molecular weight is 234 g/mol. The highest BCUT2D eigenvalue weighted by atomic mass is 35.5. The third-order valence-corrected chi connectivity index (χ3v) is 2.99. The Balaban J connectivity index is 0.00000112. The van der Waals surface area contributed by atoms with Gasteiger partial charge in [0.2, 0.25) is 0 Å². The van der Waals surface area contributed by atoms with Crippen molar-refractivity contribution in [3.63, 3.8) is 0 Å². The van der Waals surface area contributed by atoms with E-state index in [4.69, 9.17) is 5.73 Å². The van der Waals surface area contributed by atoms with Crippen molar-refractivity contribution in [1.29, 1.82) is 0 Å². The molecule has 0 radical (unpaired) electrons. The molecule has 1 aromatic rings. The van der Waals surface area contributed by atoms with E-state index in [0.717, 1.165) is 18.9 Å². The summed E-state index contributed by atoms with van der Waals surface area (Å²) in [6.07, 6.45) is 3.39. The Morgan fingerprint density at radius 3 is 2.33 bits per heavy atom. The van der Waals surface area contributed by atoms with Crippen LogP contribution in [0, 0.1) is 17.6 Å². The molecule has 0 heterocycles. The van der Waals surface area contributed by atoms with Crippen molar-refractivity contribution in [2.45, 2.75) is 25.3 Å². The van der Waals surface area contributed by atoms with Crippen LogP contribution in [-0.2, 0) is 0 Å². The van der Waals surface area contributed by atoms with Crippen LogP contribution in [0.5, 0.6) is 0 Å². The van der Waals surface area contributed by atoms with Crippen molar-refractivity contribution in [1.82, 2.24) is 0 Å². The third-order valence-electron chi connectivity index (χ3n) is 2.99. The summed E-state index contributed by atoms with van der Waals surface area (Å²) in [6.45, 7) is 0. The summed E-state index contributed by atoms with van der Waals surface area (Å²) < 4.78 is 25.5. The van der Waals surface area contributed by atoms with E-state index in [-0.39, 0.29) is 18.4 Å². The first kappa shape index (κ1) is 12.4. The Kier molecular flexibility index (Phi) is 4.05. The second-order valence-electron chi connectivity index (χ2n) is 3.89. The van der Waals surface area contributed by atoms with E-state index in [1.165, 1.54) is 12.5 Å². The summed E-state index contributed by atoms with van der Waals surface area (Å²) in [6, 6.07) is 3.78. The molecule has 2 rings (SSSR count). The molecule has 1 fully saturated rings. The number of nitrogens with two attached hydrogens (primary N) is 1. The monoisotopic (exact) mass is 233 g/mol. The summed E-state index contributed by atoms with van der Waals surface area (Å²) in [5.41, 5.74) is 6.63. The van der Waals surface area contributed by atoms with Crippen LogP contribution in [0.4, 0.5) is 8.78 Å². The Labute approximate surface area is 94.1 Å². The lowest BCUT2D eigenvalue weighted by Crippen LogP contribution is -2.26. The highest BCUT2D eigenvalue weighted by Crippen LogP contribution is 2.36. The molecular formula is C11H14ClF2N. The van der Waals surface area contributed by atoms with Gasteiger partial charge in [-0.3, -0.25) is 0 Å². The van der Waals surface area contributed by atoms with Crippen molar-refractivity contribution >= 4 is 12.4 Å². The highest BCUT2D eigenvalue weighted by molar-refractivity contribution is 5.85. The minimum absolute atomic E-state index is 0. The normalized spacial score (nSPS) is 17.8. The average Bonchev–Trinajstić information content (AvgIpc) is 2.06. The van der Waals surface area contributed by atoms with Gasteiger partial charge < -0.3 is 5.73 Å². The van der Waals surface area contributed by atoms with E-state index in [2.05, 4.69) is 0 Å². The quantitative estimate of drug-likeness (QED) is 0.834. The van der Waals surface area contributed by atoms with Gasteiger partial charge in [-0.05, 0) is 36.5 Å². The van der Waals surface area contributed by atoms with Gasteiger partial charge in [-0.2, -0.15) is 0 Å². The summed E-state index contributed by atoms with van der Waals surface area (Å²) in [5, 5.41) is 0. The molecule has 0 bridgehead atoms. The molecule has 84 valence electrons. The molecule has 4 heteroatoms. The Hall–Kier alpha value is -0.670. The number of benzene rings is 1. The minimum Gasteiger partial charge on any atom is -0.324 e. The van der Waals surface area contributed by atoms with Crippen LogP contribution in [0.15, 0.2) is 18.2 Å². The Bertz CT molecular complexity index is 339. The van der Waals surface area contributed by atoms with Crippen molar-refractivity contribution in [3.05, 3.63) is 35.4 Å². The summed E-state index contributed by atoms with van der Waals surface area (Å²) in [7, 11) is 0. The first-order valence-electron chi connectivity index (χ1n) is 4.89. The maximum atomic E-state index is 12.9. The van der Waals surface area contributed by atoms with Crippen molar-refractivity contribution in [2.24, 2.45) is 11.7 Å². The Morgan fingerprint density at radius 1 is 1.20 bits per heavy atom. The van der Waals surface area contributed by atoms with Crippen molar-refractivity contribution < 1.29 is 8.78 Å². The Morgan fingerprint density at radius 2 is 1.87 bits per heavy atom. The van der Waals surface area contributed by atoms with Crippen molar-refractivity contribution in [3.8, 4) is 0 Å². The summed E-state index contributed by atoms with van der Waals surface area (Å²) in [5.74, 6) is -1.17. The van der Waals surface area contributed by atoms with Crippen LogP contribution in [0.1, 0.15) is 30.9 Å². The number of hydrogen-bond donors (Lipinski definition) is 1. The molecule has 2 N–H and O–H groups in total. The summed E-state index contributed by atoms with van der Waals surface area (Å²) >= 11 is 0. The number of rotatable bonds is 2. The van der Waals surface area contributed by atoms with Crippen LogP contribution >= 0.6 is 12.4 Å². The minimum atomic E-state index is -0.811. The first-order valence-corrected chi connectivity index (χ1v) is 4.89. The SMILES string of the molecule is Cl.N[C@@H](c1ccc(F)c(F)c1)C1CCC1. The van der Waals surface area contributed by atoms with Crippen LogP contribution < -0.4 is 5.73 Å². The molecule has 0 spiro atoms. The third kappa shape index (κ3) is 2.47. The molecule has 0 amide bonds. The number of halogens is 3. The topological polar surface area (TPSA) is 26.0 Å². The van der Waals surface area contributed by atoms with E-state index in [1.807, 2.05) is 0 Å². The molecule has 0 unspecified atom stereocenters. The molecule has 1 aromatic carbocycles. The zero-order chi connectivity index (χ0) is 10.1. The van der Waals surface area contributed by atoms with Gasteiger partial charge in [0.25, 0.3) is 0 Å². The highest BCUT2D eigenvalue weighted by Gasteiger charge is 2.25. The zero-order valence-electron chi connectivity index (χ0n) is 8.25. The van der Waals surface area contributed by atoms with Gasteiger partial charge in [0.15, 0.2) is 11.6 Å². The van der Waals surface area contributed by atoms with Crippen LogP contribution in [-0.4, -0.2) is 0 Å². The standard InChI is InChI=1S/C11H13F2N.ClH/c12-9-5-4-8(6-10(9)13)11(14)7-2-1-3-7;/h4-7,11H,1-3,14H2;1H/t11-;/m1./s1. The summed E-state index contributed by atoms with van der Waals surface area (Å²) in [4.78, 5) is 0. The van der Waals surface area contributed by atoms with E-state index < -0.39 is 11.6 Å². The van der Waals surface area contributed by atoms with Gasteiger partial charge in [-0.1, -0.05) is 12.5 Å². The van der Waals surface area contributed by atoms with E-state index in [9.17, 15) is 8.78 Å². The molecule has 1 aliphatic carbocycles. The van der Waals surface area contributed by atoms with Gasteiger partial charge in [0.05, 0.1) is 0 Å². The van der Waals surface area contributed by atoms with Gasteiger partial charge >= 0.3 is 0 Å². The smallest absolute Gasteiger partial charge is 0.159 e. The largest absolute Gasteiger partial charge is 0.324 e. The predicted octanol–water partition coefficient (Wildman–Crippen LogP) is 3.19. The maximum Gasteiger partial charge on any atom is 0.159 e. The molecule has 15 heavy (non-hydrogen) atoms. The predicted molar refractivity (Wildman–Crippen MR) is 57.9 cm³/mol. The second-order valence-corrected chi connectivity index (χ2v) is 3.89. The fraction of sp³-hybridized carbons (Fsp3) is 0.455. The lowest BCUT2D eigenvalue weighted by atomic mass is 9.77. The van der Waals surface area contributed by atoms with Crippen LogP contribution in [0.2, 0.25) is 0 Å². The van der Waals surface area contributed by atoms with Crippen LogP contribution in [0.3, 0.4) is 0 Å². The van der Waals surface area contributed by atoms with Gasteiger partial charge in [0, 0.05) is 6.04 Å². The molecule has 0 aliphatic heterocycles. The fourth-order valence-corrected chi connectivity index (χ4v) is 1.79. The molecule has 0 saturated heterocycles. The van der Waals surface area contributed by atoms with Gasteiger partial charge in [-0.15, -0.1) is 12.4 Å². The van der Waals surface area contributed by atoms with E-state index in [0.29, 0.717) is 11.5 Å². The van der Waals surface area contributed by atoms with E-state index >= 15 is 0 Å². The van der Waals surface area contributed by atoms with Gasteiger partial charge in [0.1, 0.15) is 0 Å². The molecule has 1 atom stereocenters. The van der Waals surface area contributed by atoms with E-state index in [1.54, 1.807) is 6.07 Å². The fourth-order valence-electron chi connectivity index (χ4n) is 1.79. The zero-order valence-corrected chi connectivity index (χ0v) is 9.07. The molecular weight excluding hydrogens is 220 g/mol. The van der Waals surface area contributed by atoms with Crippen LogP contribution in [0.25, 0.3) is 0 Å². The van der Waals surface area contributed by atoms with Gasteiger partial charge in [-0.25, -0.2) is 8.78 Å². The van der Waals surface area contributed by atoms with Crippen molar-refractivity contribution in [2.75, 3.05) is 0 Å². The maximum absolute atomic E-state index is 12.9. The second kappa shape index (κ2) is 4.90. The molecule has 0 aromatic heterocycles. The molecule has 1 aliphatic rings. The lowest BCUT2D eigenvalue weighted by Gasteiger charge is -2.31. The molecule has 1 saturated carbocycles. The first-order chi connectivity index (χ1) is 6.68. The number of hydrogen-bond acceptors (Lipinski definition) is 1. The lowest BCUT2D eigenvalue weighted by molar-refractivity contribution is 0.264. The molecule has 1 nitrogen and oxygen atoms in total.